The Bertz CT molecular complexity index is 306. The van der Waals surface area contributed by atoms with Gasteiger partial charge in [-0.05, 0) is 22.0 Å². The molecule has 0 aliphatic rings. The number of hydrogen-bond acceptors (Lipinski definition) is 3. The topological polar surface area (TPSA) is 45.9 Å². The lowest BCUT2D eigenvalue weighted by Gasteiger charge is -2.00. The smallest absolute Gasteiger partial charge is 0.232 e. The van der Waals surface area contributed by atoms with Gasteiger partial charge in [0.2, 0.25) is 5.88 Å². The molecule has 1 aromatic heterocycles. The normalized spacial score (nSPS) is 8.82. The number of nitriles is 1. The minimum atomic E-state index is 0.349. The maximum atomic E-state index is 8.63. The Hall–Kier alpha value is -1.08. The lowest BCUT2D eigenvalue weighted by molar-refractivity contribution is 0.396. The Labute approximate surface area is 72.8 Å². The van der Waals surface area contributed by atoms with Crippen LogP contribution in [0.25, 0.3) is 0 Å². The fourth-order valence-electron chi connectivity index (χ4n) is 0.676. The Morgan fingerprint density at radius 1 is 1.73 bits per heavy atom. The van der Waals surface area contributed by atoms with Crippen LogP contribution < -0.4 is 4.74 Å². The van der Waals surface area contributed by atoms with Crippen LogP contribution >= 0.6 is 15.9 Å². The highest BCUT2D eigenvalue weighted by atomic mass is 79.9. The van der Waals surface area contributed by atoms with Crippen LogP contribution in [0.3, 0.4) is 0 Å². The highest BCUT2D eigenvalue weighted by Gasteiger charge is 2.05. The maximum absolute atomic E-state index is 8.63. The molecule has 56 valence electrons. The number of nitrogens with zero attached hydrogens (tertiary/aromatic N) is 2. The zero-order valence-corrected chi connectivity index (χ0v) is 7.42. The first-order valence-corrected chi connectivity index (χ1v) is 3.67. The van der Waals surface area contributed by atoms with Crippen molar-refractivity contribution in [2.24, 2.45) is 0 Å². The van der Waals surface area contributed by atoms with Crippen LogP contribution in [0.5, 0.6) is 5.88 Å². The van der Waals surface area contributed by atoms with Crippen molar-refractivity contribution in [3.05, 3.63) is 22.3 Å². The Kier molecular flexibility index (Phi) is 2.44. The maximum Gasteiger partial charge on any atom is 0.232 e. The third kappa shape index (κ3) is 1.49. The van der Waals surface area contributed by atoms with Crippen LogP contribution in [0.2, 0.25) is 0 Å². The average molecular weight is 213 g/mol. The zero-order chi connectivity index (χ0) is 8.27. The second-order valence-corrected chi connectivity index (χ2v) is 2.64. The fourth-order valence-corrected chi connectivity index (χ4v) is 1.05. The highest BCUT2D eigenvalue weighted by Crippen LogP contribution is 2.22. The molecule has 0 saturated carbocycles. The summed E-state index contributed by atoms with van der Waals surface area (Å²) in [5, 5.41) is 8.63. The molecule has 3 nitrogen and oxygen atoms in total. The quantitative estimate of drug-likeness (QED) is 0.713. The summed E-state index contributed by atoms with van der Waals surface area (Å²) in [6.45, 7) is 0. The molecule has 1 aromatic rings. The van der Waals surface area contributed by atoms with Crippen LogP contribution in [0.4, 0.5) is 0 Å². The third-order valence-electron chi connectivity index (χ3n) is 1.17. The predicted octanol–water partition coefficient (Wildman–Crippen LogP) is 1.72. The van der Waals surface area contributed by atoms with Crippen molar-refractivity contribution in [3.8, 4) is 11.9 Å². The number of pyridine rings is 1. The van der Waals surface area contributed by atoms with Crippen molar-refractivity contribution < 1.29 is 4.74 Å². The molecule has 0 amide bonds. The molecule has 0 atom stereocenters. The van der Waals surface area contributed by atoms with Gasteiger partial charge >= 0.3 is 0 Å². The fraction of sp³-hybridized carbons (Fsp3) is 0.143. The minimum Gasteiger partial charge on any atom is -0.480 e. The van der Waals surface area contributed by atoms with Gasteiger partial charge in [0.25, 0.3) is 0 Å². The SMILES string of the molecule is COc1nccc(Br)c1C#N. The van der Waals surface area contributed by atoms with Crippen molar-refractivity contribution >= 4 is 15.9 Å². The second kappa shape index (κ2) is 3.35. The van der Waals surface area contributed by atoms with E-state index in [1.54, 1.807) is 12.3 Å². The summed E-state index contributed by atoms with van der Waals surface area (Å²) in [4.78, 5) is 3.85. The van der Waals surface area contributed by atoms with Gasteiger partial charge in [-0.3, -0.25) is 0 Å². The number of methoxy groups -OCH3 is 1. The summed E-state index contributed by atoms with van der Waals surface area (Å²) >= 11 is 3.21. The van der Waals surface area contributed by atoms with Crippen LogP contribution in [0.15, 0.2) is 16.7 Å². The van der Waals surface area contributed by atoms with Crippen molar-refractivity contribution in [1.82, 2.24) is 4.98 Å². The van der Waals surface area contributed by atoms with E-state index in [2.05, 4.69) is 20.9 Å². The first kappa shape index (κ1) is 8.02. The van der Waals surface area contributed by atoms with Crippen LogP contribution in [0, 0.1) is 11.3 Å². The van der Waals surface area contributed by atoms with Crippen LogP contribution in [-0.2, 0) is 0 Å². The number of rotatable bonds is 1. The van der Waals surface area contributed by atoms with Crippen LogP contribution in [-0.4, -0.2) is 12.1 Å². The van der Waals surface area contributed by atoms with Crippen molar-refractivity contribution in [2.45, 2.75) is 0 Å². The molecule has 11 heavy (non-hydrogen) atoms. The number of ether oxygens (including phenoxy) is 1. The van der Waals surface area contributed by atoms with Crippen molar-refractivity contribution in [1.29, 1.82) is 5.26 Å². The van der Waals surface area contributed by atoms with Gasteiger partial charge in [0.15, 0.2) is 0 Å². The van der Waals surface area contributed by atoms with Gasteiger partial charge in [-0.2, -0.15) is 5.26 Å². The molecule has 1 rings (SSSR count). The molecule has 0 unspecified atom stereocenters. The van der Waals surface area contributed by atoms with Gasteiger partial charge in [-0.15, -0.1) is 0 Å². The molecule has 0 radical (unpaired) electrons. The Morgan fingerprint density at radius 3 is 2.91 bits per heavy atom. The van der Waals surface area contributed by atoms with Gasteiger partial charge in [0, 0.05) is 10.7 Å². The number of hydrogen-bond donors (Lipinski definition) is 0. The van der Waals surface area contributed by atoms with E-state index in [0.717, 1.165) is 0 Å². The van der Waals surface area contributed by atoms with E-state index in [9.17, 15) is 0 Å². The van der Waals surface area contributed by atoms with Gasteiger partial charge in [-0.25, -0.2) is 4.98 Å². The molecule has 1 heterocycles. The summed E-state index contributed by atoms with van der Waals surface area (Å²) in [6, 6.07) is 3.68. The molecule has 0 fully saturated rings. The van der Waals surface area contributed by atoms with Crippen LogP contribution in [0.1, 0.15) is 5.56 Å². The largest absolute Gasteiger partial charge is 0.480 e. The highest BCUT2D eigenvalue weighted by molar-refractivity contribution is 9.10. The summed E-state index contributed by atoms with van der Waals surface area (Å²) < 4.78 is 5.55. The molecule has 0 bridgehead atoms. The first-order valence-electron chi connectivity index (χ1n) is 2.88. The Morgan fingerprint density at radius 2 is 2.45 bits per heavy atom. The summed E-state index contributed by atoms with van der Waals surface area (Å²) in [5.74, 6) is 0.349. The molecule has 0 saturated heterocycles. The summed E-state index contributed by atoms with van der Waals surface area (Å²) in [5.41, 5.74) is 0.426. The monoisotopic (exact) mass is 212 g/mol. The second-order valence-electron chi connectivity index (χ2n) is 1.79. The lowest BCUT2D eigenvalue weighted by Crippen LogP contribution is -1.91. The van der Waals surface area contributed by atoms with Crippen molar-refractivity contribution in [3.63, 3.8) is 0 Å². The molecular formula is C7H5BrN2O. The van der Waals surface area contributed by atoms with E-state index in [1.165, 1.54) is 7.11 Å². The Balaban J connectivity index is 3.27. The van der Waals surface area contributed by atoms with Gasteiger partial charge < -0.3 is 4.74 Å². The van der Waals surface area contributed by atoms with Crippen molar-refractivity contribution in [2.75, 3.05) is 7.11 Å². The molecule has 0 aromatic carbocycles. The predicted molar refractivity (Wildman–Crippen MR) is 43.2 cm³/mol. The molecule has 4 heteroatoms. The standard InChI is InChI=1S/C7H5BrN2O/c1-11-7-5(4-9)6(8)2-3-10-7/h2-3H,1H3. The molecule has 0 aliphatic heterocycles. The molecule has 0 N–H and O–H groups in total. The van der Waals surface area contributed by atoms with E-state index >= 15 is 0 Å². The first-order chi connectivity index (χ1) is 5.29. The van der Waals surface area contributed by atoms with E-state index in [0.29, 0.717) is 15.9 Å². The number of aromatic nitrogens is 1. The third-order valence-corrected chi connectivity index (χ3v) is 1.83. The zero-order valence-electron chi connectivity index (χ0n) is 5.84. The van der Waals surface area contributed by atoms with E-state index in [4.69, 9.17) is 10.00 Å². The minimum absolute atomic E-state index is 0.349. The van der Waals surface area contributed by atoms with Gasteiger partial charge in [0.1, 0.15) is 11.6 Å². The van der Waals surface area contributed by atoms with E-state index < -0.39 is 0 Å². The van der Waals surface area contributed by atoms with E-state index in [1.807, 2.05) is 6.07 Å². The average Bonchev–Trinajstić information content (AvgIpc) is 2.04. The van der Waals surface area contributed by atoms with Gasteiger partial charge in [0.05, 0.1) is 7.11 Å². The molecule has 0 aliphatic carbocycles. The van der Waals surface area contributed by atoms with Gasteiger partial charge in [-0.1, -0.05) is 0 Å². The summed E-state index contributed by atoms with van der Waals surface area (Å²) in [7, 11) is 1.48. The molecular weight excluding hydrogens is 208 g/mol. The summed E-state index contributed by atoms with van der Waals surface area (Å²) in [6.07, 6.45) is 1.57. The van der Waals surface area contributed by atoms with E-state index in [-0.39, 0.29) is 0 Å². The lowest BCUT2D eigenvalue weighted by atomic mass is 10.3. The number of halogens is 1. The molecule has 0 spiro atoms.